The lowest BCUT2D eigenvalue weighted by Gasteiger charge is -2.28. The van der Waals surface area contributed by atoms with Crippen LogP contribution in [0.15, 0.2) is 30.3 Å². The molecule has 0 radical (unpaired) electrons. The van der Waals surface area contributed by atoms with E-state index in [1.165, 1.54) is 0 Å². The Kier molecular flexibility index (Phi) is 7.38. The monoisotopic (exact) mass is 480 g/mol. The van der Waals surface area contributed by atoms with Gasteiger partial charge >= 0.3 is 0 Å². The molecular weight excluding hydrogens is 444 g/mol. The van der Waals surface area contributed by atoms with Crippen molar-refractivity contribution in [1.82, 2.24) is 10.3 Å². The van der Waals surface area contributed by atoms with Gasteiger partial charge in [0.15, 0.2) is 5.78 Å². The van der Waals surface area contributed by atoms with Gasteiger partial charge in [-0.15, -0.1) is 0 Å². The van der Waals surface area contributed by atoms with Crippen LogP contribution in [0.5, 0.6) is 5.75 Å². The number of nitrogens with two attached hydrogens (primary N) is 1. The van der Waals surface area contributed by atoms with Crippen LogP contribution in [0, 0.1) is 5.41 Å². The summed E-state index contributed by atoms with van der Waals surface area (Å²) in [6.07, 6.45) is 0. The second kappa shape index (κ2) is 9.79. The third-order valence-corrected chi connectivity index (χ3v) is 6.15. The lowest BCUT2D eigenvalue weighted by atomic mass is 9.78. The molecule has 1 amide bonds. The zero-order valence-electron chi connectivity index (χ0n) is 21.4. The van der Waals surface area contributed by atoms with Gasteiger partial charge in [-0.3, -0.25) is 20.4 Å². The molecule has 2 aromatic carbocycles. The van der Waals surface area contributed by atoms with Crippen LogP contribution in [0.3, 0.4) is 0 Å². The van der Waals surface area contributed by atoms with Gasteiger partial charge in [-0.25, -0.2) is 5.84 Å². The molecule has 1 aliphatic heterocycles. The van der Waals surface area contributed by atoms with Crippen LogP contribution in [0.25, 0.3) is 0 Å². The molecule has 0 atom stereocenters. The first-order valence-electron chi connectivity index (χ1n) is 11.7. The number of ketones is 1. The lowest BCUT2D eigenvalue weighted by molar-refractivity contribution is -0.126. The SMILES string of the molecule is CC(C)(C)c1cc(C(=O)CN2Cc3ccc(COCC(=O)NN)cc3C2=N)cc(C(C)(C)C)c1O. The van der Waals surface area contributed by atoms with E-state index in [1.54, 1.807) is 17.0 Å². The number of rotatable bonds is 7. The number of Topliss-reactive ketones (excluding diaryl/α,β-unsaturated/α-hetero) is 1. The summed E-state index contributed by atoms with van der Waals surface area (Å²) in [7, 11) is 0. The van der Waals surface area contributed by atoms with Gasteiger partial charge < -0.3 is 14.7 Å². The highest BCUT2D eigenvalue weighted by Gasteiger charge is 2.30. The Labute approximate surface area is 206 Å². The maximum absolute atomic E-state index is 13.4. The summed E-state index contributed by atoms with van der Waals surface area (Å²) in [5.74, 6) is 5.05. The number of carbonyl (C=O) groups is 2. The fraction of sp³-hybridized carbons (Fsp3) is 0.444. The van der Waals surface area contributed by atoms with Crippen molar-refractivity contribution in [3.63, 3.8) is 0 Å². The number of carbonyl (C=O) groups excluding carboxylic acids is 2. The number of nitrogens with zero attached hydrogens (tertiary/aromatic N) is 1. The molecule has 0 aliphatic carbocycles. The molecule has 0 bridgehead atoms. The van der Waals surface area contributed by atoms with E-state index in [0.29, 0.717) is 12.1 Å². The first-order chi connectivity index (χ1) is 16.2. The number of hydrazine groups is 1. The van der Waals surface area contributed by atoms with E-state index in [1.807, 2.05) is 65.2 Å². The molecule has 8 nitrogen and oxygen atoms in total. The minimum atomic E-state index is -0.415. The number of phenols is 1. The predicted molar refractivity (Wildman–Crippen MR) is 136 cm³/mol. The minimum absolute atomic E-state index is 0.0635. The van der Waals surface area contributed by atoms with E-state index in [0.717, 1.165) is 27.8 Å². The van der Waals surface area contributed by atoms with Crippen molar-refractivity contribution in [2.75, 3.05) is 13.2 Å². The zero-order chi connectivity index (χ0) is 26.1. The molecule has 188 valence electrons. The number of hydrogen-bond acceptors (Lipinski definition) is 6. The Morgan fingerprint density at radius 3 is 2.23 bits per heavy atom. The van der Waals surface area contributed by atoms with E-state index in [2.05, 4.69) is 0 Å². The van der Waals surface area contributed by atoms with Crippen LogP contribution in [-0.4, -0.2) is 40.7 Å². The van der Waals surface area contributed by atoms with Gasteiger partial charge in [0.25, 0.3) is 5.91 Å². The average Bonchev–Trinajstić information content (AvgIpc) is 3.06. The number of benzene rings is 2. The predicted octanol–water partition coefficient (Wildman–Crippen LogP) is 3.52. The van der Waals surface area contributed by atoms with Gasteiger partial charge in [0.1, 0.15) is 18.2 Å². The van der Waals surface area contributed by atoms with Gasteiger partial charge in [-0.1, -0.05) is 53.7 Å². The number of fused-ring (bicyclic) bond motifs is 1. The molecule has 2 aromatic rings. The third-order valence-electron chi connectivity index (χ3n) is 6.15. The highest BCUT2D eigenvalue weighted by Crippen LogP contribution is 2.40. The molecule has 0 aromatic heterocycles. The van der Waals surface area contributed by atoms with Crippen molar-refractivity contribution in [1.29, 1.82) is 5.41 Å². The molecule has 5 N–H and O–H groups in total. The van der Waals surface area contributed by atoms with E-state index >= 15 is 0 Å². The number of phenolic OH excluding ortho intramolecular Hbond substituents is 1. The van der Waals surface area contributed by atoms with Crippen LogP contribution in [0.2, 0.25) is 0 Å². The minimum Gasteiger partial charge on any atom is -0.507 e. The Morgan fingerprint density at radius 1 is 1.09 bits per heavy atom. The summed E-state index contributed by atoms with van der Waals surface area (Å²) in [5.41, 5.74) is 5.89. The Hall–Kier alpha value is -3.23. The summed E-state index contributed by atoms with van der Waals surface area (Å²) in [4.78, 5) is 26.4. The van der Waals surface area contributed by atoms with Crippen LogP contribution in [0.1, 0.15) is 79.7 Å². The second-order valence-electron chi connectivity index (χ2n) is 11.1. The number of ether oxygens (including phenoxy) is 1. The molecule has 1 heterocycles. The van der Waals surface area contributed by atoms with E-state index < -0.39 is 5.91 Å². The fourth-order valence-electron chi connectivity index (χ4n) is 4.17. The largest absolute Gasteiger partial charge is 0.507 e. The number of amides is 1. The van der Waals surface area contributed by atoms with Gasteiger partial charge in [0, 0.05) is 28.8 Å². The molecule has 35 heavy (non-hydrogen) atoms. The zero-order valence-corrected chi connectivity index (χ0v) is 21.4. The summed E-state index contributed by atoms with van der Waals surface area (Å²) >= 11 is 0. The molecule has 0 fully saturated rings. The first kappa shape index (κ1) is 26.4. The number of hydrogen-bond donors (Lipinski definition) is 4. The van der Waals surface area contributed by atoms with Gasteiger partial charge in [-0.05, 0) is 40.2 Å². The highest BCUT2D eigenvalue weighted by atomic mass is 16.5. The van der Waals surface area contributed by atoms with Crippen molar-refractivity contribution in [2.24, 2.45) is 5.84 Å². The quantitative estimate of drug-likeness (QED) is 0.208. The molecule has 0 unspecified atom stereocenters. The normalized spacial score (nSPS) is 13.7. The summed E-state index contributed by atoms with van der Waals surface area (Å²) in [6, 6.07) is 9.24. The van der Waals surface area contributed by atoms with Crippen LogP contribution in [0.4, 0.5) is 0 Å². The topological polar surface area (TPSA) is 129 Å². The van der Waals surface area contributed by atoms with Crippen molar-refractivity contribution in [2.45, 2.75) is 65.5 Å². The Bertz CT molecular complexity index is 1120. The van der Waals surface area contributed by atoms with Crippen LogP contribution in [-0.2, 0) is 33.5 Å². The van der Waals surface area contributed by atoms with Gasteiger partial charge in [0.05, 0.1) is 13.2 Å². The summed E-state index contributed by atoms with van der Waals surface area (Å²) < 4.78 is 5.35. The molecule has 3 rings (SSSR count). The van der Waals surface area contributed by atoms with Gasteiger partial charge in [0.2, 0.25) is 0 Å². The Balaban J connectivity index is 1.80. The standard InChI is InChI=1S/C27H36N4O4/c1-26(2,3)20-10-18(11-21(24(20)34)27(4,5)6)22(32)13-31-12-17-8-7-16(9-19(17)25(31)28)14-35-15-23(33)30-29/h7-11,28,34H,12-15,29H2,1-6H3,(H,30,33). The maximum atomic E-state index is 13.4. The number of amidine groups is 1. The highest BCUT2D eigenvalue weighted by molar-refractivity contribution is 6.05. The summed E-state index contributed by atoms with van der Waals surface area (Å²) in [6.45, 7) is 12.7. The molecule has 1 aliphatic rings. The van der Waals surface area contributed by atoms with Crippen molar-refractivity contribution in [3.8, 4) is 5.75 Å². The van der Waals surface area contributed by atoms with Crippen molar-refractivity contribution in [3.05, 3.63) is 63.7 Å². The van der Waals surface area contributed by atoms with Crippen molar-refractivity contribution >= 4 is 17.5 Å². The van der Waals surface area contributed by atoms with Crippen LogP contribution < -0.4 is 11.3 Å². The van der Waals surface area contributed by atoms with E-state index in [4.69, 9.17) is 16.0 Å². The lowest BCUT2D eigenvalue weighted by Crippen LogP contribution is -2.33. The first-order valence-corrected chi connectivity index (χ1v) is 11.7. The van der Waals surface area contributed by atoms with Gasteiger partial charge in [-0.2, -0.15) is 0 Å². The fourth-order valence-corrected chi connectivity index (χ4v) is 4.17. The van der Waals surface area contributed by atoms with E-state index in [9.17, 15) is 14.7 Å². The molecule has 0 spiro atoms. The summed E-state index contributed by atoms with van der Waals surface area (Å²) in [5, 5.41) is 19.6. The maximum Gasteiger partial charge on any atom is 0.259 e. The number of nitrogens with one attached hydrogen (secondary N) is 2. The smallest absolute Gasteiger partial charge is 0.259 e. The van der Waals surface area contributed by atoms with E-state index in [-0.39, 0.29) is 48.0 Å². The number of aromatic hydroxyl groups is 1. The second-order valence-corrected chi connectivity index (χ2v) is 11.1. The third kappa shape index (κ3) is 5.89. The Morgan fingerprint density at radius 2 is 1.69 bits per heavy atom. The van der Waals surface area contributed by atoms with Crippen molar-refractivity contribution < 1.29 is 19.4 Å². The van der Waals surface area contributed by atoms with Crippen LogP contribution >= 0.6 is 0 Å². The molecular formula is C27H36N4O4. The molecule has 0 saturated carbocycles. The molecule has 0 saturated heterocycles. The average molecular weight is 481 g/mol. The molecule has 8 heteroatoms.